The molecule has 0 spiro atoms. The Morgan fingerprint density at radius 1 is 1.02 bits per heavy atom. The largest absolute Gasteiger partial charge is 0.506 e. The lowest BCUT2D eigenvalue weighted by molar-refractivity contribution is -0.119. The van der Waals surface area contributed by atoms with E-state index in [0.29, 0.717) is 65.7 Å². The summed E-state index contributed by atoms with van der Waals surface area (Å²) in [4.78, 5) is 39.5. The fourth-order valence-electron chi connectivity index (χ4n) is 6.39. The first kappa shape index (κ1) is 37.4. The van der Waals surface area contributed by atoms with Gasteiger partial charge in [-0.2, -0.15) is 0 Å². The van der Waals surface area contributed by atoms with Gasteiger partial charge in [0.05, 0.1) is 29.6 Å². The highest BCUT2D eigenvalue weighted by atomic mass is 35.5. The minimum atomic E-state index is -1.01. The van der Waals surface area contributed by atoms with E-state index in [-0.39, 0.29) is 55.3 Å². The molecule has 0 aromatic heterocycles. The summed E-state index contributed by atoms with van der Waals surface area (Å²) < 4.78 is 16.8. The summed E-state index contributed by atoms with van der Waals surface area (Å²) in [5.41, 5.74) is 4.26. The summed E-state index contributed by atoms with van der Waals surface area (Å²) in [7, 11) is 1.52. The quantitative estimate of drug-likeness (QED) is 0.0905. The maximum Gasteiger partial charge on any atom is 0.411 e. The van der Waals surface area contributed by atoms with Crippen LogP contribution in [0.2, 0.25) is 5.02 Å². The number of hydrogen-bond donors (Lipinski definition) is 6. The fraction of sp³-hybridized carbons (Fsp3) is 0.308. The number of aromatic hydroxyl groups is 1. The molecule has 0 unspecified atom stereocenters. The number of likely N-dealkylation sites (tertiary alicyclic amines) is 1. The van der Waals surface area contributed by atoms with Crippen LogP contribution < -0.4 is 30.7 Å². The van der Waals surface area contributed by atoms with Gasteiger partial charge in [0.15, 0.2) is 12.4 Å². The number of para-hydroxylation sites is 1. The Balaban J connectivity index is 0.936. The molecule has 6 rings (SSSR count). The summed E-state index contributed by atoms with van der Waals surface area (Å²) in [6.45, 7) is 2.10. The number of ether oxygens (including phenoxy) is 3. The molecule has 1 saturated heterocycles. The van der Waals surface area contributed by atoms with Gasteiger partial charge in [-0.15, -0.1) is 0 Å². The van der Waals surface area contributed by atoms with Crippen LogP contribution in [0.15, 0.2) is 78.9 Å². The van der Waals surface area contributed by atoms with Crippen molar-refractivity contribution in [3.05, 3.63) is 95.0 Å². The van der Waals surface area contributed by atoms with Gasteiger partial charge in [-0.3, -0.25) is 14.9 Å². The highest BCUT2D eigenvalue weighted by Gasteiger charge is 2.26. The third-order valence-corrected chi connectivity index (χ3v) is 9.46. The minimum absolute atomic E-state index is 0.119. The van der Waals surface area contributed by atoms with E-state index in [2.05, 4.69) is 26.2 Å². The number of hydrogen-bond acceptors (Lipinski definition) is 10. The van der Waals surface area contributed by atoms with E-state index < -0.39 is 18.1 Å². The number of carbonyl (C=O) groups excluding carboxylic acids is 3. The van der Waals surface area contributed by atoms with Crippen molar-refractivity contribution < 1.29 is 38.8 Å². The molecule has 0 radical (unpaired) electrons. The van der Waals surface area contributed by atoms with Crippen LogP contribution >= 0.6 is 11.6 Å². The number of anilines is 3. The first-order valence-electron chi connectivity index (χ1n) is 17.4. The maximum atomic E-state index is 12.9. The number of methoxy groups -OCH3 is 1. The van der Waals surface area contributed by atoms with Crippen LogP contribution in [0.3, 0.4) is 0 Å². The molecular formula is C39H42ClN5O8. The standard InChI is InChI=1S/C39H42ClN5O8/c1-51-34-20-31(29(40)19-25(34)21-41-22-33(47)28-11-12-32(46)37-38(28)52-23-36(49)44-37)42-35(48)15-18-45-16-13-26(14-17-45)53-39(50)43-30-10-6-5-9-27(30)24-7-3-2-4-8-24/h2-12,19-20,26,33,41,46-47H,13-18,21-23H2,1H3,(H,42,48)(H,43,50)(H,44,49)/t33-/m0/s1. The molecular weight excluding hydrogens is 702 g/mol. The molecule has 4 aromatic rings. The number of rotatable bonds is 13. The van der Waals surface area contributed by atoms with Gasteiger partial charge >= 0.3 is 6.09 Å². The number of aliphatic hydroxyl groups excluding tert-OH is 1. The van der Waals surface area contributed by atoms with Gasteiger partial charge in [-0.25, -0.2) is 4.79 Å². The molecule has 0 aliphatic carbocycles. The second-order valence-corrected chi connectivity index (χ2v) is 13.2. The van der Waals surface area contributed by atoms with Crippen molar-refractivity contribution in [2.24, 2.45) is 0 Å². The van der Waals surface area contributed by atoms with E-state index in [1.807, 2.05) is 54.6 Å². The molecule has 0 bridgehead atoms. The van der Waals surface area contributed by atoms with Crippen molar-refractivity contribution in [3.8, 4) is 28.4 Å². The summed E-state index contributed by atoms with van der Waals surface area (Å²) in [6.07, 6.45) is -0.148. The number of nitrogens with one attached hydrogen (secondary N) is 4. The zero-order valence-electron chi connectivity index (χ0n) is 29.2. The molecule has 2 heterocycles. The Morgan fingerprint density at radius 3 is 2.55 bits per heavy atom. The zero-order valence-corrected chi connectivity index (χ0v) is 29.9. The Bertz CT molecular complexity index is 1940. The van der Waals surface area contributed by atoms with Crippen LogP contribution in [0.25, 0.3) is 11.1 Å². The summed E-state index contributed by atoms with van der Waals surface area (Å²) >= 11 is 6.56. The van der Waals surface area contributed by atoms with Crippen LogP contribution in [-0.2, 0) is 20.9 Å². The first-order valence-corrected chi connectivity index (χ1v) is 17.7. The van der Waals surface area contributed by atoms with Crippen LogP contribution in [0.1, 0.15) is 36.5 Å². The van der Waals surface area contributed by atoms with Crippen molar-refractivity contribution in [3.63, 3.8) is 0 Å². The van der Waals surface area contributed by atoms with Crippen LogP contribution in [0.4, 0.5) is 21.9 Å². The van der Waals surface area contributed by atoms with Crippen LogP contribution in [0, 0.1) is 0 Å². The maximum absolute atomic E-state index is 12.9. The number of halogens is 1. The topological polar surface area (TPSA) is 171 Å². The predicted molar refractivity (Wildman–Crippen MR) is 202 cm³/mol. The van der Waals surface area contributed by atoms with E-state index in [1.54, 1.807) is 18.2 Å². The van der Waals surface area contributed by atoms with Crippen LogP contribution in [0.5, 0.6) is 17.2 Å². The van der Waals surface area contributed by atoms with Gasteiger partial charge in [0, 0.05) is 61.9 Å². The van der Waals surface area contributed by atoms with Crippen molar-refractivity contribution in [2.45, 2.75) is 38.0 Å². The third kappa shape index (κ3) is 9.56. The Hall–Kier alpha value is -5.34. The van der Waals surface area contributed by atoms with E-state index in [1.165, 1.54) is 13.2 Å². The Kier molecular flexibility index (Phi) is 12.3. The molecule has 0 saturated carbocycles. The van der Waals surface area contributed by atoms with Gasteiger partial charge in [-0.1, -0.05) is 60.1 Å². The molecule has 2 aliphatic rings. The minimum Gasteiger partial charge on any atom is -0.506 e. The second-order valence-electron chi connectivity index (χ2n) is 12.8. The SMILES string of the molecule is COc1cc(NC(=O)CCN2CCC(OC(=O)Nc3ccccc3-c3ccccc3)CC2)c(Cl)cc1CNC[C@H](O)c1ccc(O)c2c1OCC(=O)N2. The van der Waals surface area contributed by atoms with Gasteiger partial charge in [0.2, 0.25) is 5.91 Å². The van der Waals surface area contributed by atoms with Crippen molar-refractivity contribution in [1.82, 2.24) is 10.2 Å². The number of amides is 3. The highest BCUT2D eigenvalue weighted by molar-refractivity contribution is 6.33. The molecule has 1 fully saturated rings. The number of phenols is 1. The molecule has 14 heteroatoms. The van der Waals surface area contributed by atoms with E-state index >= 15 is 0 Å². The molecule has 4 aromatic carbocycles. The average Bonchev–Trinajstić information content (AvgIpc) is 3.16. The van der Waals surface area contributed by atoms with Gasteiger partial charge in [0.25, 0.3) is 5.91 Å². The molecule has 2 aliphatic heterocycles. The number of fused-ring (bicyclic) bond motifs is 1. The number of nitrogens with zero attached hydrogens (tertiary/aromatic N) is 1. The number of benzene rings is 4. The number of phenolic OH excluding ortho intramolecular Hbond substituents is 1. The van der Waals surface area contributed by atoms with E-state index in [9.17, 15) is 24.6 Å². The fourth-order valence-corrected chi connectivity index (χ4v) is 6.62. The predicted octanol–water partition coefficient (Wildman–Crippen LogP) is 5.92. The summed E-state index contributed by atoms with van der Waals surface area (Å²) in [5.74, 6) is -0.0322. The molecule has 278 valence electrons. The van der Waals surface area contributed by atoms with Crippen molar-refractivity contribution >= 4 is 46.6 Å². The van der Waals surface area contributed by atoms with Crippen molar-refractivity contribution in [1.29, 1.82) is 0 Å². The lowest BCUT2D eigenvalue weighted by atomic mass is 10.0. The first-order chi connectivity index (χ1) is 25.7. The summed E-state index contributed by atoms with van der Waals surface area (Å²) in [5, 5.41) is 32.8. The lowest BCUT2D eigenvalue weighted by Crippen LogP contribution is -2.39. The number of piperidine rings is 1. The van der Waals surface area contributed by atoms with Crippen molar-refractivity contribution in [2.75, 3.05) is 55.8 Å². The van der Waals surface area contributed by atoms with Crippen LogP contribution in [-0.4, -0.2) is 79.0 Å². The highest BCUT2D eigenvalue weighted by Crippen LogP contribution is 2.41. The Morgan fingerprint density at radius 2 is 1.77 bits per heavy atom. The molecule has 6 N–H and O–H groups in total. The molecule has 13 nitrogen and oxygen atoms in total. The van der Waals surface area contributed by atoms with Gasteiger partial charge < -0.3 is 45.3 Å². The second kappa shape index (κ2) is 17.5. The normalized spacial score (nSPS) is 15.0. The Labute approximate surface area is 312 Å². The average molecular weight is 744 g/mol. The van der Waals surface area contributed by atoms with Gasteiger partial charge in [-0.05, 0) is 42.7 Å². The summed E-state index contributed by atoms with van der Waals surface area (Å²) in [6, 6.07) is 23.7. The smallest absolute Gasteiger partial charge is 0.411 e. The zero-order chi connectivity index (χ0) is 37.3. The monoisotopic (exact) mass is 743 g/mol. The van der Waals surface area contributed by atoms with E-state index in [4.69, 9.17) is 25.8 Å². The number of carbonyl (C=O) groups is 3. The van der Waals surface area contributed by atoms with E-state index in [0.717, 1.165) is 11.1 Å². The molecule has 3 amide bonds. The van der Waals surface area contributed by atoms with Gasteiger partial charge in [0.1, 0.15) is 23.3 Å². The lowest BCUT2D eigenvalue weighted by Gasteiger charge is -2.31. The molecule has 1 atom stereocenters. The number of aliphatic hydroxyl groups is 1. The third-order valence-electron chi connectivity index (χ3n) is 9.15. The molecule has 53 heavy (non-hydrogen) atoms.